The molecule has 0 atom stereocenters. The van der Waals surface area contributed by atoms with Crippen LogP contribution in [0.4, 0.5) is 10.5 Å². The highest BCUT2D eigenvalue weighted by atomic mass is 16.3. The molecule has 4 rings (SSSR count). The minimum Gasteiger partial charge on any atom is -0.467 e. The van der Waals surface area contributed by atoms with Crippen LogP contribution in [-0.2, 0) is 31.4 Å². The van der Waals surface area contributed by atoms with Crippen LogP contribution in [0.3, 0.4) is 0 Å². The van der Waals surface area contributed by atoms with E-state index >= 15 is 0 Å². The van der Waals surface area contributed by atoms with E-state index < -0.39 is 0 Å². The van der Waals surface area contributed by atoms with Gasteiger partial charge in [-0.1, -0.05) is 19.1 Å². The third-order valence-electron chi connectivity index (χ3n) is 5.82. The highest BCUT2D eigenvalue weighted by Crippen LogP contribution is 2.28. The molecule has 3 amide bonds. The lowest BCUT2D eigenvalue weighted by molar-refractivity contribution is -0.133. The third-order valence-corrected chi connectivity index (χ3v) is 5.82. The lowest BCUT2D eigenvalue weighted by Crippen LogP contribution is -2.45. The second kappa shape index (κ2) is 9.77. The minimum atomic E-state index is -0.231. The number of benzene rings is 1. The van der Waals surface area contributed by atoms with Crippen molar-refractivity contribution in [2.24, 2.45) is 7.05 Å². The second-order valence-electron chi connectivity index (χ2n) is 8.28. The Morgan fingerprint density at radius 3 is 2.62 bits per heavy atom. The molecule has 1 N–H and O–H groups in total. The molecule has 168 valence electrons. The van der Waals surface area contributed by atoms with Gasteiger partial charge < -0.3 is 24.1 Å². The number of amides is 3. The lowest BCUT2D eigenvalue weighted by Gasteiger charge is -2.27. The first kappa shape index (κ1) is 21.7. The van der Waals surface area contributed by atoms with Gasteiger partial charge in [0.2, 0.25) is 5.91 Å². The van der Waals surface area contributed by atoms with E-state index in [2.05, 4.69) is 12.2 Å². The maximum Gasteiger partial charge on any atom is 0.322 e. The SMILES string of the molecule is CCc1cccc(NC(=O)N(CC(=O)N(Cc2ccco2)Cc2cccn2C)C2CC2)c1. The van der Waals surface area contributed by atoms with Gasteiger partial charge in [-0.2, -0.15) is 0 Å². The van der Waals surface area contributed by atoms with Crippen molar-refractivity contribution in [1.82, 2.24) is 14.4 Å². The van der Waals surface area contributed by atoms with E-state index in [4.69, 9.17) is 4.42 Å². The van der Waals surface area contributed by atoms with Crippen molar-refractivity contribution in [3.05, 3.63) is 78.0 Å². The summed E-state index contributed by atoms with van der Waals surface area (Å²) in [5.74, 6) is 0.610. The number of urea groups is 1. The number of aryl methyl sites for hydroxylation is 2. The van der Waals surface area contributed by atoms with Gasteiger partial charge in [-0.05, 0) is 61.2 Å². The molecular formula is C25H30N4O3. The number of carbonyl (C=O) groups is 2. The van der Waals surface area contributed by atoms with Crippen molar-refractivity contribution >= 4 is 17.6 Å². The van der Waals surface area contributed by atoms with Crippen LogP contribution in [0.25, 0.3) is 0 Å². The predicted octanol–water partition coefficient (Wildman–Crippen LogP) is 4.41. The molecule has 2 heterocycles. The molecule has 0 spiro atoms. The summed E-state index contributed by atoms with van der Waals surface area (Å²) >= 11 is 0. The first-order chi connectivity index (χ1) is 15.5. The zero-order chi connectivity index (χ0) is 22.5. The molecule has 0 radical (unpaired) electrons. The van der Waals surface area contributed by atoms with Crippen LogP contribution in [0.15, 0.2) is 65.4 Å². The first-order valence-corrected chi connectivity index (χ1v) is 11.1. The lowest BCUT2D eigenvalue weighted by atomic mass is 10.1. The van der Waals surface area contributed by atoms with E-state index in [1.54, 1.807) is 16.1 Å². The zero-order valence-electron chi connectivity index (χ0n) is 18.7. The fourth-order valence-corrected chi connectivity index (χ4v) is 3.74. The molecule has 1 fully saturated rings. The van der Waals surface area contributed by atoms with Gasteiger partial charge in [0, 0.05) is 30.7 Å². The van der Waals surface area contributed by atoms with Gasteiger partial charge in [-0.3, -0.25) is 4.79 Å². The van der Waals surface area contributed by atoms with E-state index in [0.29, 0.717) is 18.8 Å². The maximum atomic E-state index is 13.4. The van der Waals surface area contributed by atoms with Crippen LogP contribution in [-0.4, -0.2) is 38.9 Å². The Hall–Kier alpha value is -3.48. The topological polar surface area (TPSA) is 70.7 Å². The van der Waals surface area contributed by atoms with Gasteiger partial charge in [0.05, 0.1) is 19.4 Å². The molecule has 1 aromatic carbocycles. The Morgan fingerprint density at radius 2 is 1.97 bits per heavy atom. The van der Waals surface area contributed by atoms with Crippen molar-refractivity contribution in [3.63, 3.8) is 0 Å². The smallest absolute Gasteiger partial charge is 0.322 e. The van der Waals surface area contributed by atoms with Crippen molar-refractivity contribution in [2.75, 3.05) is 11.9 Å². The Kier molecular flexibility index (Phi) is 6.63. The van der Waals surface area contributed by atoms with E-state index in [9.17, 15) is 9.59 Å². The summed E-state index contributed by atoms with van der Waals surface area (Å²) in [5.41, 5.74) is 2.93. The second-order valence-corrected chi connectivity index (χ2v) is 8.28. The molecule has 1 aliphatic carbocycles. The Balaban J connectivity index is 1.47. The van der Waals surface area contributed by atoms with Gasteiger partial charge in [-0.15, -0.1) is 0 Å². The zero-order valence-corrected chi connectivity index (χ0v) is 18.7. The molecule has 7 nitrogen and oxygen atoms in total. The van der Waals surface area contributed by atoms with Crippen molar-refractivity contribution in [3.8, 4) is 0 Å². The Labute approximate surface area is 188 Å². The van der Waals surface area contributed by atoms with E-state index in [-0.39, 0.29) is 24.5 Å². The number of nitrogens with one attached hydrogen (secondary N) is 1. The van der Waals surface area contributed by atoms with Gasteiger partial charge in [0.15, 0.2) is 0 Å². The third kappa shape index (κ3) is 5.41. The molecule has 1 aliphatic rings. The minimum absolute atomic E-state index is 0.0368. The summed E-state index contributed by atoms with van der Waals surface area (Å²) in [5, 5.41) is 2.98. The summed E-state index contributed by atoms with van der Waals surface area (Å²) in [7, 11) is 1.96. The number of anilines is 1. The summed E-state index contributed by atoms with van der Waals surface area (Å²) in [4.78, 5) is 29.8. The van der Waals surface area contributed by atoms with Gasteiger partial charge in [0.1, 0.15) is 12.3 Å². The molecule has 2 aromatic heterocycles. The van der Waals surface area contributed by atoms with Crippen LogP contribution in [0.5, 0.6) is 0 Å². The molecule has 0 bridgehead atoms. The van der Waals surface area contributed by atoms with Crippen LogP contribution >= 0.6 is 0 Å². The van der Waals surface area contributed by atoms with Crippen LogP contribution < -0.4 is 5.32 Å². The van der Waals surface area contributed by atoms with E-state index in [1.165, 1.54) is 0 Å². The Morgan fingerprint density at radius 1 is 1.12 bits per heavy atom. The Bertz CT molecular complexity index is 1050. The van der Waals surface area contributed by atoms with Gasteiger partial charge in [-0.25, -0.2) is 4.79 Å². The molecule has 1 saturated carbocycles. The molecule has 7 heteroatoms. The number of carbonyl (C=O) groups excluding carboxylic acids is 2. The quantitative estimate of drug-likeness (QED) is 0.542. The molecule has 0 unspecified atom stereocenters. The monoisotopic (exact) mass is 434 g/mol. The highest BCUT2D eigenvalue weighted by molar-refractivity contribution is 5.92. The average Bonchev–Trinajstić information content (AvgIpc) is 3.35. The fourth-order valence-electron chi connectivity index (χ4n) is 3.74. The van der Waals surface area contributed by atoms with Crippen molar-refractivity contribution < 1.29 is 14.0 Å². The van der Waals surface area contributed by atoms with Gasteiger partial charge >= 0.3 is 6.03 Å². The van der Waals surface area contributed by atoms with E-state index in [1.807, 2.05) is 66.3 Å². The predicted molar refractivity (Wildman–Crippen MR) is 123 cm³/mol. The average molecular weight is 435 g/mol. The molecule has 0 aliphatic heterocycles. The summed E-state index contributed by atoms with van der Waals surface area (Å²) in [6.07, 6.45) is 6.31. The number of nitrogens with zero attached hydrogens (tertiary/aromatic N) is 3. The number of furan rings is 1. The van der Waals surface area contributed by atoms with Gasteiger partial charge in [0.25, 0.3) is 0 Å². The van der Waals surface area contributed by atoms with E-state index in [0.717, 1.165) is 36.2 Å². The summed E-state index contributed by atoms with van der Waals surface area (Å²) in [6, 6.07) is 15.3. The molecule has 32 heavy (non-hydrogen) atoms. The standard InChI is InChI=1S/C25H30N4O3/c1-3-19-7-4-8-20(15-19)26-25(31)29(21-11-12-21)18-24(30)28(17-23-10-6-14-32-23)16-22-9-5-13-27(22)2/h4-10,13-15,21H,3,11-12,16-18H2,1-2H3,(H,26,31). The number of aromatic nitrogens is 1. The highest BCUT2D eigenvalue weighted by Gasteiger charge is 2.35. The van der Waals surface area contributed by atoms with Crippen LogP contribution in [0.2, 0.25) is 0 Å². The number of hydrogen-bond donors (Lipinski definition) is 1. The van der Waals surface area contributed by atoms with Crippen molar-refractivity contribution in [2.45, 2.75) is 45.3 Å². The largest absolute Gasteiger partial charge is 0.467 e. The van der Waals surface area contributed by atoms with Crippen LogP contribution in [0, 0.1) is 0 Å². The normalized spacial score (nSPS) is 13.1. The molecule has 3 aromatic rings. The number of rotatable bonds is 9. The fraction of sp³-hybridized carbons (Fsp3) is 0.360. The molecule has 0 saturated heterocycles. The summed E-state index contributed by atoms with van der Waals surface area (Å²) in [6.45, 7) is 2.92. The van der Waals surface area contributed by atoms with Crippen molar-refractivity contribution in [1.29, 1.82) is 0 Å². The summed E-state index contributed by atoms with van der Waals surface area (Å²) < 4.78 is 7.48. The first-order valence-electron chi connectivity index (χ1n) is 11.1. The van der Waals surface area contributed by atoms with Crippen LogP contribution in [0.1, 0.15) is 36.8 Å². The number of hydrogen-bond acceptors (Lipinski definition) is 3. The maximum absolute atomic E-state index is 13.4. The molecular weight excluding hydrogens is 404 g/mol.